The minimum absolute atomic E-state index is 0.0243. The number of Topliss-reactive ketones (excluding diaryl/α,β-unsaturated/α-hetero) is 1. The Labute approximate surface area is 103 Å². The Balaban J connectivity index is 2.75. The fourth-order valence-corrected chi connectivity index (χ4v) is 1.79. The summed E-state index contributed by atoms with van der Waals surface area (Å²) in [6.07, 6.45) is 0. The molecular weight excluding hydrogens is 234 g/mol. The number of benzene rings is 1. The average Bonchev–Trinajstić information content (AvgIpc) is 2.68. The minimum atomic E-state index is -1.28. The van der Waals surface area contributed by atoms with Gasteiger partial charge >= 0.3 is 5.97 Å². The molecule has 6 heteroatoms. The van der Waals surface area contributed by atoms with Crippen LogP contribution in [-0.2, 0) is 0 Å². The van der Waals surface area contributed by atoms with Crippen molar-refractivity contribution in [2.24, 2.45) is 0 Å². The van der Waals surface area contributed by atoms with E-state index in [1.165, 1.54) is 6.92 Å². The number of rotatable bonds is 3. The minimum Gasteiger partial charge on any atom is -0.476 e. The maximum absolute atomic E-state index is 11.6. The predicted molar refractivity (Wildman–Crippen MR) is 64.8 cm³/mol. The molecule has 3 N–H and O–H groups in total. The SMILES string of the molecule is CC(=O)c1c(C(=O)O)nn(N)c1-c1ccccc1. The highest BCUT2D eigenvalue weighted by atomic mass is 16.4. The van der Waals surface area contributed by atoms with Gasteiger partial charge in [-0.1, -0.05) is 30.3 Å². The number of carbonyl (C=O) groups is 2. The highest BCUT2D eigenvalue weighted by Gasteiger charge is 2.25. The van der Waals surface area contributed by atoms with E-state index in [-0.39, 0.29) is 17.0 Å². The Kier molecular flexibility index (Phi) is 2.85. The third kappa shape index (κ3) is 1.84. The molecule has 0 radical (unpaired) electrons. The number of ketones is 1. The Hall–Kier alpha value is -2.63. The molecule has 0 unspecified atom stereocenters. The lowest BCUT2D eigenvalue weighted by molar-refractivity contribution is 0.0685. The molecule has 2 rings (SSSR count). The first-order valence-electron chi connectivity index (χ1n) is 5.20. The van der Waals surface area contributed by atoms with Crippen molar-refractivity contribution in [1.29, 1.82) is 0 Å². The molecule has 0 aliphatic rings. The van der Waals surface area contributed by atoms with Crippen molar-refractivity contribution in [3.8, 4) is 11.3 Å². The molecule has 6 nitrogen and oxygen atoms in total. The number of hydrogen-bond donors (Lipinski definition) is 2. The van der Waals surface area contributed by atoms with E-state index in [9.17, 15) is 9.59 Å². The third-order valence-electron chi connectivity index (χ3n) is 2.51. The maximum Gasteiger partial charge on any atom is 0.357 e. The summed E-state index contributed by atoms with van der Waals surface area (Å²) in [5.41, 5.74) is 0.644. The van der Waals surface area contributed by atoms with Gasteiger partial charge in [0.15, 0.2) is 11.5 Å². The Morgan fingerprint density at radius 1 is 1.28 bits per heavy atom. The molecule has 92 valence electrons. The summed E-state index contributed by atoms with van der Waals surface area (Å²) in [5, 5.41) is 12.7. The zero-order valence-electron chi connectivity index (χ0n) is 9.62. The van der Waals surface area contributed by atoms with Crippen LogP contribution in [0.15, 0.2) is 30.3 Å². The van der Waals surface area contributed by atoms with E-state index >= 15 is 0 Å². The van der Waals surface area contributed by atoms with E-state index in [2.05, 4.69) is 5.10 Å². The highest BCUT2D eigenvalue weighted by Crippen LogP contribution is 2.25. The van der Waals surface area contributed by atoms with Gasteiger partial charge in [0.1, 0.15) is 5.69 Å². The normalized spacial score (nSPS) is 10.3. The summed E-state index contributed by atoms with van der Waals surface area (Å²) in [6, 6.07) is 8.82. The van der Waals surface area contributed by atoms with Crippen LogP contribution in [0.4, 0.5) is 0 Å². The topological polar surface area (TPSA) is 98.2 Å². The molecule has 0 fully saturated rings. The van der Waals surface area contributed by atoms with Crippen LogP contribution in [0.25, 0.3) is 11.3 Å². The summed E-state index contributed by atoms with van der Waals surface area (Å²) in [7, 11) is 0. The summed E-state index contributed by atoms with van der Waals surface area (Å²) in [4.78, 5) is 23.6. The molecule has 1 heterocycles. The van der Waals surface area contributed by atoms with Gasteiger partial charge in [-0.25, -0.2) is 4.79 Å². The largest absolute Gasteiger partial charge is 0.476 e. The molecule has 0 spiro atoms. The number of aromatic nitrogens is 2. The van der Waals surface area contributed by atoms with Gasteiger partial charge in [-0.05, 0) is 6.92 Å². The van der Waals surface area contributed by atoms with Crippen molar-refractivity contribution < 1.29 is 14.7 Å². The number of aromatic carboxylic acids is 1. The van der Waals surface area contributed by atoms with Crippen LogP contribution >= 0.6 is 0 Å². The van der Waals surface area contributed by atoms with Crippen LogP contribution in [0, 0.1) is 0 Å². The zero-order chi connectivity index (χ0) is 13.3. The highest BCUT2D eigenvalue weighted by molar-refractivity contribution is 6.08. The van der Waals surface area contributed by atoms with Crippen LogP contribution in [0.5, 0.6) is 0 Å². The van der Waals surface area contributed by atoms with Crippen LogP contribution in [0.1, 0.15) is 27.8 Å². The zero-order valence-corrected chi connectivity index (χ0v) is 9.62. The number of nitrogens with two attached hydrogens (primary N) is 1. The lowest BCUT2D eigenvalue weighted by atomic mass is 10.0. The number of nitrogens with zero attached hydrogens (tertiary/aromatic N) is 2. The Morgan fingerprint density at radius 3 is 2.39 bits per heavy atom. The number of nitrogen functional groups attached to an aromatic ring is 1. The molecule has 1 aromatic heterocycles. The number of carboxylic acids is 1. The quantitative estimate of drug-likeness (QED) is 0.624. The van der Waals surface area contributed by atoms with Gasteiger partial charge in [0, 0.05) is 5.56 Å². The summed E-state index contributed by atoms with van der Waals surface area (Å²) in [5.74, 6) is 3.98. The van der Waals surface area contributed by atoms with E-state index < -0.39 is 5.97 Å². The van der Waals surface area contributed by atoms with Crippen molar-refractivity contribution in [2.75, 3.05) is 5.84 Å². The number of hydrogen-bond acceptors (Lipinski definition) is 4. The summed E-state index contributed by atoms with van der Waals surface area (Å²) in [6.45, 7) is 1.29. The van der Waals surface area contributed by atoms with E-state index in [0.29, 0.717) is 11.3 Å². The molecular formula is C12H11N3O3. The van der Waals surface area contributed by atoms with Crippen molar-refractivity contribution in [3.63, 3.8) is 0 Å². The lowest BCUT2D eigenvalue weighted by Crippen LogP contribution is -2.12. The van der Waals surface area contributed by atoms with Crippen molar-refractivity contribution >= 4 is 11.8 Å². The molecule has 1 aromatic carbocycles. The fourth-order valence-electron chi connectivity index (χ4n) is 1.79. The average molecular weight is 245 g/mol. The first-order chi connectivity index (χ1) is 8.52. The van der Waals surface area contributed by atoms with E-state index in [0.717, 1.165) is 4.79 Å². The molecule has 0 amide bonds. The van der Waals surface area contributed by atoms with Crippen LogP contribution in [0.3, 0.4) is 0 Å². The fraction of sp³-hybridized carbons (Fsp3) is 0.0833. The van der Waals surface area contributed by atoms with E-state index in [1.807, 2.05) is 6.07 Å². The van der Waals surface area contributed by atoms with Crippen LogP contribution < -0.4 is 5.84 Å². The second kappa shape index (κ2) is 4.33. The second-order valence-corrected chi connectivity index (χ2v) is 3.74. The summed E-state index contributed by atoms with van der Waals surface area (Å²) >= 11 is 0. The van der Waals surface area contributed by atoms with Crippen LogP contribution in [-0.4, -0.2) is 26.7 Å². The smallest absolute Gasteiger partial charge is 0.357 e. The van der Waals surface area contributed by atoms with Gasteiger partial charge in [-0.15, -0.1) is 5.10 Å². The molecule has 0 bridgehead atoms. The van der Waals surface area contributed by atoms with Gasteiger partial charge in [0.2, 0.25) is 0 Å². The molecule has 0 aliphatic carbocycles. The molecule has 18 heavy (non-hydrogen) atoms. The molecule has 0 aliphatic heterocycles. The molecule has 2 aromatic rings. The van der Waals surface area contributed by atoms with Gasteiger partial charge in [0.25, 0.3) is 0 Å². The first-order valence-corrected chi connectivity index (χ1v) is 5.20. The summed E-state index contributed by atoms with van der Waals surface area (Å²) < 4.78 is 0. The first kappa shape index (κ1) is 11.8. The van der Waals surface area contributed by atoms with Gasteiger partial charge < -0.3 is 10.9 Å². The predicted octanol–water partition coefficient (Wildman–Crippen LogP) is 1.16. The Bertz CT molecular complexity index is 617. The lowest BCUT2D eigenvalue weighted by Gasteiger charge is -2.03. The second-order valence-electron chi connectivity index (χ2n) is 3.74. The number of carboxylic acid groups (broad SMARTS) is 1. The van der Waals surface area contributed by atoms with Gasteiger partial charge in [-0.3, -0.25) is 4.79 Å². The van der Waals surface area contributed by atoms with E-state index in [1.54, 1.807) is 24.3 Å². The van der Waals surface area contributed by atoms with Crippen molar-refractivity contribution in [2.45, 2.75) is 6.92 Å². The molecule has 0 saturated heterocycles. The molecule has 0 saturated carbocycles. The van der Waals surface area contributed by atoms with Gasteiger partial charge in [0.05, 0.1) is 5.56 Å². The van der Waals surface area contributed by atoms with Crippen molar-refractivity contribution in [3.05, 3.63) is 41.6 Å². The Morgan fingerprint density at radius 2 is 1.89 bits per heavy atom. The monoisotopic (exact) mass is 245 g/mol. The van der Waals surface area contributed by atoms with Crippen molar-refractivity contribution in [1.82, 2.24) is 9.89 Å². The van der Waals surface area contributed by atoms with E-state index in [4.69, 9.17) is 10.9 Å². The third-order valence-corrected chi connectivity index (χ3v) is 2.51. The number of carbonyl (C=O) groups excluding carboxylic acids is 1. The molecule has 0 atom stereocenters. The standard InChI is InChI=1S/C12H11N3O3/c1-7(16)9-10(12(17)18)14-15(13)11(9)8-5-3-2-4-6-8/h2-6H,13H2,1H3,(H,17,18). The van der Waals surface area contributed by atoms with Gasteiger partial charge in [-0.2, -0.15) is 4.79 Å². The maximum atomic E-state index is 11.6. The van der Waals surface area contributed by atoms with Crippen LogP contribution in [0.2, 0.25) is 0 Å².